The number of carbonyl (C=O) groups is 2. The third kappa shape index (κ3) is 5.08. The number of alkyl halides is 3. The van der Waals surface area contributed by atoms with E-state index < -0.39 is 35.9 Å². The monoisotopic (exact) mass is 485 g/mol. The smallest absolute Gasteiger partial charge is 0.416 e. The van der Waals surface area contributed by atoms with Gasteiger partial charge in [0.1, 0.15) is 11.9 Å². The molecule has 4 rings (SSSR count). The second-order valence-electron chi connectivity index (χ2n) is 8.38. The molecule has 0 aromatic heterocycles. The summed E-state index contributed by atoms with van der Waals surface area (Å²) in [6.45, 7) is 1.55. The fourth-order valence-corrected chi connectivity index (χ4v) is 4.23. The molecule has 2 N–H and O–H groups in total. The summed E-state index contributed by atoms with van der Waals surface area (Å²) in [4.78, 5) is 25.2. The Morgan fingerprint density at radius 3 is 2.40 bits per heavy atom. The molecule has 2 unspecified atom stereocenters. The van der Waals surface area contributed by atoms with Crippen LogP contribution < -0.4 is 0 Å². The van der Waals surface area contributed by atoms with E-state index in [0.29, 0.717) is 5.56 Å². The lowest BCUT2D eigenvalue weighted by Gasteiger charge is -2.23. The number of benzene rings is 3. The molecule has 1 aliphatic rings. The highest BCUT2D eigenvalue weighted by atomic mass is 19.4. The fraction of sp³-hybridized carbons (Fsp3) is 0.231. The maximum absolute atomic E-state index is 13.5. The summed E-state index contributed by atoms with van der Waals surface area (Å²) in [6, 6.07) is 15.8. The minimum Gasteiger partial charge on any atom is -0.507 e. The van der Waals surface area contributed by atoms with E-state index in [1.165, 1.54) is 29.2 Å². The van der Waals surface area contributed by atoms with Crippen molar-refractivity contribution >= 4 is 12.1 Å². The summed E-state index contributed by atoms with van der Waals surface area (Å²) in [5.41, 5.74) is 0.795. The highest BCUT2D eigenvalue weighted by Gasteiger charge is 2.40. The van der Waals surface area contributed by atoms with Gasteiger partial charge in [-0.25, -0.2) is 4.79 Å². The van der Waals surface area contributed by atoms with Crippen molar-refractivity contribution in [1.29, 1.82) is 0 Å². The number of carboxylic acid groups (broad SMARTS) is 1. The van der Waals surface area contributed by atoms with Crippen LogP contribution in [-0.4, -0.2) is 33.2 Å². The Kier molecular flexibility index (Phi) is 6.43. The van der Waals surface area contributed by atoms with Crippen molar-refractivity contribution in [3.8, 4) is 16.9 Å². The molecule has 1 heterocycles. The predicted octanol–water partition coefficient (Wildman–Crippen LogP) is 5.79. The van der Waals surface area contributed by atoms with Crippen molar-refractivity contribution in [2.45, 2.75) is 38.2 Å². The van der Waals surface area contributed by atoms with Crippen molar-refractivity contribution in [2.24, 2.45) is 0 Å². The first kappa shape index (κ1) is 24.1. The number of phenols is 1. The van der Waals surface area contributed by atoms with Crippen molar-refractivity contribution in [3.63, 3.8) is 0 Å². The van der Waals surface area contributed by atoms with Gasteiger partial charge in [-0.2, -0.15) is 13.2 Å². The minimum absolute atomic E-state index is 0.139. The molecule has 1 saturated heterocycles. The van der Waals surface area contributed by atoms with Crippen LogP contribution in [0.2, 0.25) is 0 Å². The van der Waals surface area contributed by atoms with Gasteiger partial charge in [0.2, 0.25) is 0 Å². The third-order valence-corrected chi connectivity index (χ3v) is 6.00. The molecule has 1 fully saturated rings. The molecule has 3 aromatic carbocycles. The maximum Gasteiger partial charge on any atom is 0.416 e. The van der Waals surface area contributed by atoms with Crippen LogP contribution in [0, 0.1) is 0 Å². The second kappa shape index (κ2) is 9.32. The predicted molar refractivity (Wildman–Crippen MR) is 121 cm³/mol. The van der Waals surface area contributed by atoms with Gasteiger partial charge in [0, 0.05) is 5.56 Å². The lowest BCUT2D eigenvalue weighted by molar-refractivity contribution is -0.138. The third-order valence-electron chi connectivity index (χ3n) is 6.00. The van der Waals surface area contributed by atoms with E-state index >= 15 is 0 Å². The summed E-state index contributed by atoms with van der Waals surface area (Å²) >= 11 is 0. The zero-order valence-electron chi connectivity index (χ0n) is 18.6. The quantitative estimate of drug-likeness (QED) is 0.462. The Morgan fingerprint density at radius 2 is 1.74 bits per heavy atom. The molecule has 0 spiro atoms. The van der Waals surface area contributed by atoms with E-state index in [-0.39, 0.29) is 35.4 Å². The molecule has 6 nitrogen and oxygen atoms in total. The molecule has 0 aliphatic carbocycles. The zero-order valence-corrected chi connectivity index (χ0v) is 18.6. The van der Waals surface area contributed by atoms with Crippen LogP contribution in [0.4, 0.5) is 18.0 Å². The van der Waals surface area contributed by atoms with Gasteiger partial charge in [-0.1, -0.05) is 42.5 Å². The number of aromatic hydroxyl groups is 1. The number of hydrogen-bond acceptors (Lipinski definition) is 4. The van der Waals surface area contributed by atoms with E-state index in [1.54, 1.807) is 31.2 Å². The minimum atomic E-state index is -4.62. The van der Waals surface area contributed by atoms with Crippen molar-refractivity contribution in [1.82, 2.24) is 4.90 Å². The topological polar surface area (TPSA) is 87.1 Å². The van der Waals surface area contributed by atoms with Gasteiger partial charge in [-0.05, 0) is 53.4 Å². The molecular formula is C26H22F3NO5. The average molecular weight is 485 g/mol. The summed E-state index contributed by atoms with van der Waals surface area (Å²) in [5, 5.41) is 19.6. The van der Waals surface area contributed by atoms with Gasteiger partial charge in [0.05, 0.1) is 24.6 Å². The summed E-state index contributed by atoms with van der Waals surface area (Å²) in [6.07, 6.45) is -6.20. The fourth-order valence-electron chi connectivity index (χ4n) is 4.23. The first-order valence-corrected chi connectivity index (χ1v) is 10.8. The molecule has 182 valence electrons. The Hall–Kier alpha value is -4.01. The lowest BCUT2D eigenvalue weighted by Crippen LogP contribution is -2.31. The van der Waals surface area contributed by atoms with Crippen LogP contribution in [0.25, 0.3) is 11.1 Å². The Labute approximate surface area is 199 Å². The standard InChI is InChI=1S/C26H22F3NO5/c1-15-24(17-5-3-2-4-6-17)35-25(34)30(15)14-18-13-19(26(27,28)29)8-9-20(18)21-11-16(12-23(32)33)7-10-22(21)31/h2-11,13,15,24,31H,12,14H2,1H3,(H,32,33). The molecule has 1 amide bonds. The number of cyclic esters (lactones) is 1. The number of carboxylic acids is 1. The Morgan fingerprint density at radius 1 is 1.03 bits per heavy atom. The average Bonchev–Trinajstić information content (AvgIpc) is 3.08. The van der Waals surface area contributed by atoms with Crippen LogP contribution >= 0.6 is 0 Å². The lowest BCUT2D eigenvalue weighted by atomic mass is 9.94. The molecule has 9 heteroatoms. The molecule has 35 heavy (non-hydrogen) atoms. The number of halogens is 3. The molecule has 3 aromatic rings. The van der Waals surface area contributed by atoms with Gasteiger partial charge in [-0.15, -0.1) is 0 Å². The number of amides is 1. The number of nitrogens with zero attached hydrogens (tertiary/aromatic N) is 1. The van der Waals surface area contributed by atoms with Gasteiger partial charge < -0.3 is 14.9 Å². The van der Waals surface area contributed by atoms with Gasteiger partial charge in [0.15, 0.2) is 0 Å². The van der Waals surface area contributed by atoms with Crippen molar-refractivity contribution in [3.05, 3.63) is 89.0 Å². The molecule has 0 bridgehead atoms. The molecule has 0 saturated carbocycles. The highest BCUT2D eigenvalue weighted by Crippen LogP contribution is 2.39. The van der Waals surface area contributed by atoms with Crippen LogP contribution in [0.5, 0.6) is 5.75 Å². The van der Waals surface area contributed by atoms with Gasteiger partial charge in [-0.3, -0.25) is 9.69 Å². The molecular weight excluding hydrogens is 463 g/mol. The van der Waals surface area contributed by atoms with Crippen LogP contribution in [0.15, 0.2) is 66.7 Å². The number of phenolic OH excluding ortho intramolecular Hbond substituents is 1. The van der Waals surface area contributed by atoms with Gasteiger partial charge in [0.25, 0.3) is 0 Å². The number of hydrogen-bond donors (Lipinski definition) is 2. The second-order valence-corrected chi connectivity index (χ2v) is 8.38. The van der Waals surface area contributed by atoms with Crippen LogP contribution in [-0.2, 0) is 28.7 Å². The zero-order chi connectivity index (χ0) is 25.3. The van der Waals surface area contributed by atoms with Crippen molar-refractivity contribution < 1.29 is 37.7 Å². The molecule has 0 radical (unpaired) electrons. The number of ether oxygens (including phenoxy) is 1. The first-order valence-electron chi connectivity index (χ1n) is 10.8. The van der Waals surface area contributed by atoms with E-state index in [0.717, 1.165) is 17.7 Å². The molecule has 1 aliphatic heterocycles. The number of rotatable bonds is 6. The summed E-state index contributed by atoms with van der Waals surface area (Å²) in [5.74, 6) is -1.31. The van der Waals surface area contributed by atoms with Crippen LogP contribution in [0.1, 0.15) is 35.3 Å². The number of carbonyl (C=O) groups excluding carboxylic acids is 1. The Balaban J connectivity index is 1.75. The van der Waals surface area contributed by atoms with Crippen molar-refractivity contribution in [2.75, 3.05) is 0 Å². The normalized spacial score (nSPS) is 17.9. The SMILES string of the molecule is CC1C(c2ccccc2)OC(=O)N1Cc1cc(C(F)(F)F)ccc1-c1cc(CC(=O)O)ccc1O. The number of aliphatic carboxylic acids is 1. The summed E-state index contributed by atoms with van der Waals surface area (Å²) < 4.78 is 46.1. The van der Waals surface area contributed by atoms with E-state index in [2.05, 4.69) is 0 Å². The first-order chi connectivity index (χ1) is 16.5. The van der Waals surface area contributed by atoms with E-state index in [1.807, 2.05) is 6.07 Å². The van der Waals surface area contributed by atoms with E-state index in [9.17, 15) is 27.9 Å². The summed E-state index contributed by atoms with van der Waals surface area (Å²) in [7, 11) is 0. The maximum atomic E-state index is 13.5. The van der Waals surface area contributed by atoms with Gasteiger partial charge >= 0.3 is 18.2 Å². The molecule has 2 atom stereocenters. The largest absolute Gasteiger partial charge is 0.507 e. The van der Waals surface area contributed by atoms with E-state index in [4.69, 9.17) is 9.84 Å². The Bertz CT molecular complexity index is 1260. The van der Waals surface area contributed by atoms with Crippen LogP contribution in [0.3, 0.4) is 0 Å². The highest BCUT2D eigenvalue weighted by molar-refractivity contribution is 5.77.